The van der Waals surface area contributed by atoms with E-state index < -0.39 is 0 Å². The highest BCUT2D eigenvalue weighted by Crippen LogP contribution is 2.08. The van der Waals surface area contributed by atoms with Crippen molar-refractivity contribution < 1.29 is 4.57 Å². The molecule has 0 N–H and O–H groups in total. The maximum absolute atomic E-state index is 6.25. The van der Waals surface area contributed by atoms with Crippen molar-refractivity contribution in [2.45, 2.75) is 71.8 Å². The standard InChI is InChI=1S/C16H28N.CN/c1-3-4-5-6-7-8-9-11-14-17-15-12-10-13-16(17)2;1-2/h10,12-13,15H,3-9,11,14H2,1-2H3;/q+1;-1. The van der Waals surface area contributed by atoms with Crippen LogP contribution in [0.1, 0.15) is 64.0 Å². The lowest BCUT2D eigenvalue weighted by molar-refractivity contribution is -0.703. The van der Waals surface area contributed by atoms with E-state index in [9.17, 15) is 0 Å². The maximum atomic E-state index is 6.25. The Labute approximate surface area is 119 Å². The van der Waals surface area contributed by atoms with Crippen molar-refractivity contribution in [3.05, 3.63) is 36.7 Å². The summed E-state index contributed by atoms with van der Waals surface area (Å²) in [7, 11) is 0. The van der Waals surface area contributed by atoms with E-state index in [-0.39, 0.29) is 0 Å². The van der Waals surface area contributed by atoms with Crippen molar-refractivity contribution in [2.75, 3.05) is 0 Å². The van der Waals surface area contributed by atoms with Gasteiger partial charge in [-0.2, -0.15) is 0 Å². The van der Waals surface area contributed by atoms with Gasteiger partial charge < -0.3 is 11.8 Å². The highest BCUT2D eigenvalue weighted by atomic mass is 14.9. The second kappa shape index (κ2) is 13.1. The van der Waals surface area contributed by atoms with E-state index in [4.69, 9.17) is 11.8 Å². The van der Waals surface area contributed by atoms with E-state index in [2.05, 4.69) is 42.8 Å². The monoisotopic (exact) mass is 260 g/mol. The quantitative estimate of drug-likeness (QED) is 0.364. The van der Waals surface area contributed by atoms with Crippen LogP contribution in [0.4, 0.5) is 0 Å². The van der Waals surface area contributed by atoms with Crippen molar-refractivity contribution >= 4 is 0 Å². The summed E-state index contributed by atoms with van der Waals surface area (Å²) in [5.41, 5.74) is 1.37. The molecule has 106 valence electrons. The molecule has 0 saturated heterocycles. The fourth-order valence-electron chi connectivity index (χ4n) is 2.23. The lowest BCUT2D eigenvalue weighted by Gasteiger charge is -2.01. The first-order valence-electron chi connectivity index (χ1n) is 7.52. The first-order chi connectivity index (χ1) is 9.34. The highest BCUT2D eigenvalue weighted by molar-refractivity contribution is 4.93. The summed E-state index contributed by atoms with van der Waals surface area (Å²) in [6, 6.07) is 6.42. The van der Waals surface area contributed by atoms with Crippen LogP contribution >= 0.6 is 0 Å². The van der Waals surface area contributed by atoms with Gasteiger partial charge in [-0.05, 0) is 6.42 Å². The Morgan fingerprint density at radius 1 is 0.947 bits per heavy atom. The van der Waals surface area contributed by atoms with Gasteiger partial charge in [-0.25, -0.2) is 4.57 Å². The minimum Gasteiger partial charge on any atom is -0.512 e. The number of nitrogens with zero attached hydrogens (tertiary/aromatic N) is 2. The van der Waals surface area contributed by atoms with Gasteiger partial charge in [-0.1, -0.05) is 51.5 Å². The van der Waals surface area contributed by atoms with Gasteiger partial charge in [0.15, 0.2) is 11.9 Å². The summed E-state index contributed by atoms with van der Waals surface area (Å²) in [6.07, 6.45) is 13.4. The van der Waals surface area contributed by atoms with Crippen LogP contribution < -0.4 is 4.57 Å². The fourth-order valence-corrected chi connectivity index (χ4v) is 2.23. The number of unbranched alkanes of at least 4 members (excludes halogenated alkanes) is 7. The molecule has 0 aliphatic heterocycles. The van der Waals surface area contributed by atoms with Crippen LogP contribution in [0.5, 0.6) is 0 Å². The maximum Gasteiger partial charge on any atom is 0.178 e. The van der Waals surface area contributed by atoms with Crippen molar-refractivity contribution in [1.29, 1.82) is 5.26 Å². The summed E-state index contributed by atoms with van der Waals surface area (Å²) >= 11 is 0. The number of aromatic nitrogens is 1. The first-order valence-corrected chi connectivity index (χ1v) is 7.52. The van der Waals surface area contributed by atoms with Gasteiger partial charge in [-0.15, -0.1) is 0 Å². The van der Waals surface area contributed by atoms with Crippen LogP contribution in [0.25, 0.3) is 0 Å². The predicted molar refractivity (Wildman–Crippen MR) is 79.0 cm³/mol. The summed E-state index contributed by atoms with van der Waals surface area (Å²) < 4.78 is 2.36. The average molecular weight is 260 g/mol. The molecule has 0 unspecified atom stereocenters. The molecule has 0 fully saturated rings. The van der Waals surface area contributed by atoms with Crippen molar-refractivity contribution in [3.8, 4) is 0 Å². The lowest BCUT2D eigenvalue weighted by Crippen LogP contribution is -2.36. The SMILES string of the molecule is CCCCCCCCCC[n+]1ccccc1C.[C-]#N. The van der Waals surface area contributed by atoms with Gasteiger partial charge >= 0.3 is 0 Å². The molecule has 0 aromatic carbocycles. The second-order valence-corrected chi connectivity index (χ2v) is 5.01. The Bertz CT molecular complexity index is 331. The Morgan fingerprint density at radius 3 is 2.11 bits per heavy atom. The van der Waals surface area contributed by atoms with E-state index in [1.807, 2.05) is 0 Å². The minimum absolute atomic E-state index is 1.18. The molecule has 0 aliphatic carbocycles. The molecular formula is C17H28N2. The van der Waals surface area contributed by atoms with E-state index in [1.165, 1.54) is 63.6 Å². The van der Waals surface area contributed by atoms with Crippen LogP contribution in [0.3, 0.4) is 0 Å². The van der Waals surface area contributed by atoms with E-state index in [0.717, 1.165) is 0 Å². The third-order valence-electron chi connectivity index (χ3n) is 3.42. The van der Waals surface area contributed by atoms with Gasteiger partial charge in [0.05, 0.1) is 0 Å². The average Bonchev–Trinajstić information content (AvgIpc) is 2.46. The molecule has 1 aromatic heterocycles. The van der Waals surface area contributed by atoms with Crippen LogP contribution in [0.2, 0.25) is 0 Å². The highest BCUT2D eigenvalue weighted by Gasteiger charge is 2.02. The van der Waals surface area contributed by atoms with Gasteiger partial charge in [0, 0.05) is 25.5 Å². The normalized spacial score (nSPS) is 9.68. The van der Waals surface area contributed by atoms with Crippen LogP contribution in [0, 0.1) is 18.8 Å². The third-order valence-corrected chi connectivity index (χ3v) is 3.42. The molecule has 0 spiro atoms. The number of hydrogen-bond donors (Lipinski definition) is 0. The Hall–Kier alpha value is -1.36. The van der Waals surface area contributed by atoms with Crippen LogP contribution in [0.15, 0.2) is 24.4 Å². The molecule has 1 heterocycles. The number of hydrogen-bond acceptors (Lipinski definition) is 1. The smallest absolute Gasteiger partial charge is 0.178 e. The number of rotatable bonds is 9. The molecule has 1 rings (SSSR count). The molecule has 0 saturated carbocycles. The summed E-state index contributed by atoms with van der Waals surface area (Å²) in [6.45, 7) is 10.4. The van der Waals surface area contributed by atoms with Crippen LogP contribution in [-0.2, 0) is 6.54 Å². The molecule has 1 aromatic rings. The largest absolute Gasteiger partial charge is 0.512 e. The summed E-state index contributed by atoms with van der Waals surface area (Å²) in [5.74, 6) is 0. The summed E-state index contributed by atoms with van der Waals surface area (Å²) in [4.78, 5) is 0. The van der Waals surface area contributed by atoms with Gasteiger partial charge in [-0.3, -0.25) is 0 Å². The molecule has 2 nitrogen and oxygen atoms in total. The second-order valence-electron chi connectivity index (χ2n) is 5.01. The predicted octanol–water partition coefficient (Wildman–Crippen LogP) is 4.52. The van der Waals surface area contributed by atoms with Gasteiger partial charge in [0.2, 0.25) is 0 Å². The lowest BCUT2D eigenvalue weighted by atomic mass is 10.1. The van der Waals surface area contributed by atoms with Gasteiger partial charge in [0.1, 0.15) is 6.54 Å². The fraction of sp³-hybridized carbons (Fsp3) is 0.647. The molecule has 0 radical (unpaired) electrons. The zero-order valence-corrected chi connectivity index (χ0v) is 12.6. The van der Waals surface area contributed by atoms with Crippen molar-refractivity contribution in [2.24, 2.45) is 0 Å². The topological polar surface area (TPSA) is 27.7 Å². The van der Waals surface area contributed by atoms with E-state index in [1.54, 1.807) is 0 Å². The Balaban J connectivity index is 0.00000154. The van der Waals surface area contributed by atoms with E-state index >= 15 is 0 Å². The molecule has 0 atom stereocenters. The first kappa shape index (κ1) is 17.6. The van der Waals surface area contributed by atoms with Gasteiger partial charge in [0.25, 0.3) is 0 Å². The molecule has 2 heteroatoms. The zero-order chi connectivity index (χ0) is 14.3. The number of pyridine rings is 1. The zero-order valence-electron chi connectivity index (χ0n) is 12.6. The number of aryl methyl sites for hydroxylation is 2. The molecule has 0 aliphatic rings. The summed E-state index contributed by atoms with van der Waals surface area (Å²) in [5, 5.41) is 6.25. The van der Waals surface area contributed by atoms with Crippen LogP contribution in [-0.4, -0.2) is 0 Å². The molecule has 0 amide bonds. The Kier molecular flexibility index (Phi) is 12.1. The third kappa shape index (κ3) is 9.25. The molecular weight excluding hydrogens is 232 g/mol. The Morgan fingerprint density at radius 2 is 1.53 bits per heavy atom. The van der Waals surface area contributed by atoms with E-state index in [0.29, 0.717) is 0 Å². The van der Waals surface area contributed by atoms with Crippen molar-refractivity contribution in [3.63, 3.8) is 0 Å². The molecule has 0 bridgehead atoms. The minimum atomic E-state index is 1.18. The molecule has 19 heavy (non-hydrogen) atoms. The van der Waals surface area contributed by atoms with Crippen molar-refractivity contribution in [1.82, 2.24) is 0 Å².